The van der Waals surface area contributed by atoms with Crippen molar-refractivity contribution in [1.82, 2.24) is 9.88 Å². The first kappa shape index (κ1) is 37.4. The molecule has 3 unspecified atom stereocenters. The largest absolute Gasteiger partial charge is 0.490 e. The van der Waals surface area contributed by atoms with E-state index in [-0.39, 0.29) is 18.4 Å². The molecule has 0 spiro atoms. The van der Waals surface area contributed by atoms with Gasteiger partial charge in [-0.15, -0.1) is 11.8 Å². The van der Waals surface area contributed by atoms with Gasteiger partial charge in [0.1, 0.15) is 18.0 Å². The minimum atomic E-state index is -1.59. The number of carbonyl (C=O) groups is 1. The standard InChI is InChI=1S/C38H47ClN2O7S2/c39-32-9-8-28(50-17-3-16-41(26-11-18-49-19-12-26)36(45)21-33(43)37(46)34(44)23-42)20-25(32)24-47-38(13-14-38)31-22-40-15-10-29(31)30-4-1-2-5-35(30)48-27-6-7-27/h1-2,4-5,8-10,15,20,22,26-27,33-34,37,42-44,46H,3,6-7,11-14,16-19,21,23-24H2. The second kappa shape index (κ2) is 17.4. The van der Waals surface area contributed by atoms with E-state index < -0.39 is 30.5 Å². The van der Waals surface area contributed by atoms with Gasteiger partial charge in [0.15, 0.2) is 0 Å². The molecule has 270 valence electrons. The predicted octanol–water partition coefficient (Wildman–Crippen LogP) is 5.82. The van der Waals surface area contributed by atoms with Crippen LogP contribution in [0.2, 0.25) is 5.02 Å². The number of nitrogens with zero attached hydrogens (tertiary/aromatic N) is 2. The number of aliphatic hydroxyl groups is 4. The highest BCUT2D eigenvalue weighted by atomic mass is 35.5. The van der Waals surface area contributed by atoms with Gasteiger partial charge in [-0.05, 0) is 104 Å². The number of aliphatic hydroxyl groups excluding tert-OH is 4. The fourth-order valence-corrected chi connectivity index (χ4v) is 8.59. The molecule has 3 fully saturated rings. The van der Waals surface area contributed by atoms with Crippen LogP contribution in [0.4, 0.5) is 0 Å². The van der Waals surface area contributed by atoms with Crippen LogP contribution in [0.15, 0.2) is 65.8 Å². The summed E-state index contributed by atoms with van der Waals surface area (Å²) in [5.74, 6) is 3.36. The van der Waals surface area contributed by atoms with Crippen molar-refractivity contribution in [1.29, 1.82) is 0 Å². The van der Waals surface area contributed by atoms with Gasteiger partial charge >= 0.3 is 0 Å². The van der Waals surface area contributed by atoms with Crippen LogP contribution in [0.3, 0.4) is 0 Å². The Morgan fingerprint density at radius 2 is 1.82 bits per heavy atom. The van der Waals surface area contributed by atoms with Gasteiger partial charge in [-0.2, -0.15) is 11.8 Å². The molecule has 3 aromatic rings. The van der Waals surface area contributed by atoms with Crippen LogP contribution in [0.25, 0.3) is 11.1 Å². The SMILES string of the molecule is O=C(CC(O)C(O)C(O)CO)N(CCCSc1ccc(Cl)c(COC2(c3cnccc3-c3ccccc3OC3CC3)CC2)c1)C1CCSCC1. The van der Waals surface area contributed by atoms with E-state index in [1.54, 1.807) is 11.8 Å². The molecule has 12 heteroatoms. The average Bonchev–Trinajstić information content (AvgIpc) is 4.09. The molecule has 1 amide bonds. The van der Waals surface area contributed by atoms with Crippen LogP contribution < -0.4 is 4.74 Å². The van der Waals surface area contributed by atoms with Gasteiger partial charge in [0.2, 0.25) is 5.91 Å². The summed E-state index contributed by atoms with van der Waals surface area (Å²) in [5, 5.41) is 40.0. The number of benzene rings is 2. The normalized spacial score (nSPS) is 19.1. The van der Waals surface area contributed by atoms with Gasteiger partial charge in [-0.1, -0.05) is 29.8 Å². The highest BCUT2D eigenvalue weighted by Crippen LogP contribution is 2.53. The molecule has 3 aliphatic rings. The predicted molar refractivity (Wildman–Crippen MR) is 198 cm³/mol. The molecule has 6 rings (SSSR count). The first-order valence-electron chi connectivity index (χ1n) is 17.6. The number of para-hydroxylation sites is 1. The summed E-state index contributed by atoms with van der Waals surface area (Å²) >= 11 is 10.2. The Hall–Kier alpha value is -2.35. The number of hydrogen-bond acceptors (Lipinski definition) is 10. The van der Waals surface area contributed by atoms with Crippen molar-refractivity contribution in [3.05, 3.63) is 77.1 Å². The Bertz CT molecular complexity index is 1580. The van der Waals surface area contributed by atoms with Crippen molar-refractivity contribution in [2.75, 3.05) is 30.4 Å². The maximum atomic E-state index is 13.3. The Labute approximate surface area is 307 Å². The number of ether oxygens (including phenoxy) is 2. The van der Waals surface area contributed by atoms with E-state index >= 15 is 0 Å². The molecule has 0 radical (unpaired) electrons. The molecule has 2 heterocycles. The Morgan fingerprint density at radius 1 is 1.04 bits per heavy atom. The van der Waals surface area contributed by atoms with Gasteiger partial charge in [-0.3, -0.25) is 9.78 Å². The van der Waals surface area contributed by atoms with Crippen molar-refractivity contribution in [3.63, 3.8) is 0 Å². The van der Waals surface area contributed by atoms with Crippen molar-refractivity contribution >= 4 is 41.0 Å². The number of pyridine rings is 1. The monoisotopic (exact) mass is 742 g/mol. The number of aromatic nitrogens is 1. The van der Waals surface area contributed by atoms with Crippen molar-refractivity contribution < 1.29 is 34.7 Å². The minimum Gasteiger partial charge on any atom is -0.490 e. The van der Waals surface area contributed by atoms with E-state index in [9.17, 15) is 20.1 Å². The molecular formula is C38H47ClN2O7S2. The topological polar surface area (TPSA) is 133 Å². The van der Waals surface area contributed by atoms with E-state index in [2.05, 4.69) is 17.1 Å². The third-order valence-electron chi connectivity index (χ3n) is 9.66. The highest BCUT2D eigenvalue weighted by Gasteiger charge is 2.48. The fraction of sp³-hybridized carbons (Fsp3) is 0.526. The molecule has 2 aromatic carbocycles. The van der Waals surface area contributed by atoms with Crippen molar-refractivity contribution in [2.45, 2.75) is 98.9 Å². The van der Waals surface area contributed by atoms with Gasteiger partial charge < -0.3 is 34.8 Å². The molecule has 4 N–H and O–H groups in total. The van der Waals surface area contributed by atoms with Gasteiger partial charge in [-0.25, -0.2) is 0 Å². The van der Waals surface area contributed by atoms with E-state index in [1.807, 2.05) is 65.5 Å². The first-order valence-corrected chi connectivity index (χ1v) is 20.1. The molecule has 1 aliphatic heterocycles. The van der Waals surface area contributed by atoms with E-state index in [1.165, 1.54) is 0 Å². The van der Waals surface area contributed by atoms with Crippen molar-refractivity contribution in [2.24, 2.45) is 0 Å². The number of rotatable bonds is 18. The van der Waals surface area contributed by atoms with Crippen LogP contribution in [0.5, 0.6) is 5.75 Å². The summed E-state index contributed by atoms with van der Waals surface area (Å²) < 4.78 is 12.9. The Morgan fingerprint density at radius 3 is 2.56 bits per heavy atom. The molecule has 2 aliphatic carbocycles. The number of halogens is 1. The number of carbonyl (C=O) groups excluding carboxylic acids is 1. The first-order chi connectivity index (χ1) is 24.3. The minimum absolute atomic E-state index is 0.0782. The quantitative estimate of drug-likeness (QED) is 0.0934. The molecule has 1 aromatic heterocycles. The highest BCUT2D eigenvalue weighted by molar-refractivity contribution is 7.99. The lowest BCUT2D eigenvalue weighted by molar-refractivity contribution is -0.140. The summed E-state index contributed by atoms with van der Waals surface area (Å²) in [5.41, 5.74) is 3.68. The second-order valence-electron chi connectivity index (χ2n) is 13.4. The van der Waals surface area contributed by atoms with Gasteiger partial charge in [0, 0.05) is 46.0 Å². The van der Waals surface area contributed by atoms with Crippen LogP contribution in [-0.2, 0) is 21.7 Å². The maximum absolute atomic E-state index is 13.3. The lowest BCUT2D eigenvalue weighted by Crippen LogP contribution is -2.47. The molecule has 3 atom stereocenters. The van der Waals surface area contributed by atoms with E-state index in [0.717, 1.165) is 95.1 Å². The summed E-state index contributed by atoms with van der Waals surface area (Å²) in [7, 11) is 0. The molecule has 9 nitrogen and oxygen atoms in total. The summed E-state index contributed by atoms with van der Waals surface area (Å²) in [6.45, 7) is 0.201. The maximum Gasteiger partial charge on any atom is 0.225 e. The third kappa shape index (κ3) is 9.54. The van der Waals surface area contributed by atoms with Crippen LogP contribution >= 0.6 is 35.1 Å². The summed E-state index contributed by atoms with van der Waals surface area (Å²) in [4.78, 5) is 20.7. The summed E-state index contributed by atoms with van der Waals surface area (Å²) in [6, 6.07) is 16.3. The van der Waals surface area contributed by atoms with Crippen LogP contribution in [-0.4, -0.2) is 97.1 Å². The number of amides is 1. The number of hydrogen-bond donors (Lipinski definition) is 4. The zero-order valence-electron chi connectivity index (χ0n) is 28.2. The molecule has 0 bridgehead atoms. The van der Waals surface area contributed by atoms with E-state index in [4.69, 9.17) is 26.2 Å². The molecule has 50 heavy (non-hydrogen) atoms. The Balaban J connectivity index is 1.06. The van der Waals surface area contributed by atoms with Crippen LogP contribution in [0, 0.1) is 0 Å². The third-order valence-corrected chi connectivity index (χ3v) is 12.2. The van der Waals surface area contributed by atoms with Gasteiger partial charge in [0.05, 0.1) is 37.4 Å². The lowest BCUT2D eigenvalue weighted by Gasteiger charge is -2.35. The zero-order valence-corrected chi connectivity index (χ0v) is 30.6. The zero-order chi connectivity index (χ0) is 35.1. The number of thioether (sulfide) groups is 2. The lowest BCUT2D eigenvalue weighted by atomic mass is 9.96. The van der Waals surface area contributed by atoms with E-state index in [0.29, 0.717) is 24.3 Å². The Kier molecular flexibility index (Phi) is 13.1. The smallest absolute Gasteiger partial charge is 0.225 e. The second-order valence-corrected chi connectivity index (χ2v) is 16.2. The van der Waals surface area contributed by atoms with Gasteiger partial charge in [0.25, 0.3) is 0 Å². The summed E-state index contributed by atoms with van der Waals surface area (Å²) in [6.07, 6.45) is 5.68. The fourth-order valence-electron chi connectivity index (χ4n) is 6.44. The molecular weight excluding hydrogens is 696 g/mol. The molecule has 1 saturated heterocycles. The molecule has 2 saturated carbocycles. The average molecular weight is 743 g/mol. The van der Waals surface area contributed by atoms with Crippen LogP contribution in [0.1, 0.15) is 62.5 Å². The van der Waals surface area contributed by atoms with Crippen molar-refractivity contribution in [3.8, 4) is 16.9 Å².